The molecule has 21 nitrogen and oxygen atoms in total. The van der Waals surface area contributed by atoms with Gasteiger partial charge in [0.1, 0.15) is 37.1 Å². The smallest absolute Gasteiger partial charge is 0.413 e. The number of halogens is 4. The summed E-state index contributed by atoms with van der Waals surface area (Å²) in [6.45, 7) is 7.23. The Bertz CT molecular complexity index is 2940. The summed E-state index contributed by atoms with van der Waals surface area (Å²) in [6, 6.07) is 12.7. The van der Waals surface area contributed by atoms with Gasteiger partial charge in [-0.1, -0.05) is 63.2 Å². The van der Waals surface area contributed by atoms with Gasteiger partial charge in [-0.2, -0.15) is 13.2 Å². The third kappa shape index (κ3) is 16.6. The lowest BCUT2D eigenvalue weighted by molar-refractivity contribution is -0.188. The Hall–Kier alpha value is -7.10. The van der Waals surface area contributed by atoms with Crippen molar-refractivity contribution in [3.8, 4) is 10.4 Å². The quantitative estimate of drug-likeness (QED) is 0.0363. The number of β-amino-alcohol motifs (C(OH)–C–C–N with tert-alkyl or cyclic N) is 1. The number of amides is 7. The number of aromatic nitrogens is 1. The molecule has 1 unspecified atom stereocenters. The van der Waals surface area contributed by atoms with Crippen molar-refractivity contribution in [1.29, 1.82) is 0 Å². The molecule has 2 aliphatic heterocycles. The van der Waals surface area contributed by atoms with Crippen LogP contribution in [0.4, 0.5) is 28.0 Å². The Labute approximate surface area is 481 Å². The van der Waals surface area contributed by atoms with Crippen LogP contribution in [0.5, 0.6) is 0 Å². The van der Waals surface area contributed by atoms with Gasteiger partial charge in [-0.05, 0) is 72.2 Å². The van der Waals surface area contributed by atoms with Crippen LogP contribution in [-0.4, -0.2) is 167 Å². The molecule has 6 N–H and O–H groups in total. The molecule has 4 aromatic rings. The standard InChI is InChI=1S/C57H70F4N8O13S/c1-34-49(83-33-64-34)38-10-6-36(7-11-38)28-63-51(75)44-27-42(70)30-68(44)52(76)50(55(3,4)5)66-47(73)32-81-25-24-80-23-22-79-21-20-62-45(71)16-17-46(72)65-41-14-15-43-39(26-41)18-19-56(43)53(77)69(54(78)82-56)31-48(74)67(35(2)57(59,60)61)29-37-8-12-40(58)13-9-37/h6-15,26,33,35,42,44,50,53,70,77H,16-25,27-32H2,1-5H3,(H,62,71)(H,63,75)(H,65,72)(H,66,73)/t35-,42-,44+,50-,53?,56+/m1/s1. The molecule has 450 valence electrons. The van der Waals surface area contributed by atoms with Crippen LogP contribution in [0.3, 0.4) is 0 Å². The Kier molecular flexibility index (Phi) is 21.4. The van der Waals surface area contributed by atoms with E-state index in [1.165, 1.54) is 29.2 Å². The molecule has 7 rings (SSSR count). The minimum atomic E-state index is -4.84. The van der Waals surface area contributed by atoms with E-state index >= 15 is 0 Å². The number of carbonyl (C=O) groups excluding carboxylic acids is 7. The lowest BCUT2D eigenvalue weighted by atomic mass is 9.85. The minimum absolute atomic E-state index is 0.0520. The Morgan fingerprint density at radius 2 is 1.54 bits per heavy atom. The molecular weight excluding hydrogens is 1110 g/mol. The van der Waals surface area contributed by atoms with Crippen molar-refractivity contribution >= 4 is 58.6 Å². The second-order valence-electron chi connectivity index (χ2n) is 21.6. The minimum Gasteiger partial charge on any atom is -0.433 e. The number of rotatable bonds is 26. The molecule has 3 heterocycles. The molecule has 0 saturated carbocycles. The topological polar surface area (TPSA) is 268 Å². The molecule has 3 aromatic carbocycles. The normalized spacial score (nSPS) is 19.3. The van der Waals surface area contributed by atoms with Crippen molar-refractivity contribution in [2.45, 2.75) is 122 Å². The number of benzene rings is 3. The third-order valence-corrected chi connectivity index (χ3v) is 15.5. The zero-order valence-electron chi connectivity index (χ0n) is 46.7. The molecule has 1 aromatic heterocycles. The van der Waals surface area contributed by atoms with Gasteiger partial charge in [-0.3, -0.25) is 33.7 Å². The maximum Gasteiger partial charge on any atom is 0.413 e. The number of aliphatic hydroxyl groups excluding tert-OH is 2. The van der Waals surface area contributed by atoms with Gasteiger partial charge in [-0.15, -0.1) is 11.3 Å². The summed E-state index contributed by atoms with van der Waals surface area (Å²) < 4.78 is 77.2. The molecule has 2 saturated heterocycles. The predicted octanol–water partition coefficient (Wildman–Crippen LogP) is 4.84. The van der Waals surface area contributed by atoms with E-state index in [1.54, 1.807) is 43.7 Å². The number of aryl methyl sites for hydroxylation is 2. The van der Waals surface area contributed by atoms with Crippen LogP contribution in [0.15, 0.2) is 72.2 Å². The number of aliphatic hydroxyl groups is 2. The molecule has 1 spiro atoms. The molecule has 83 heavy (non-hydrogen) atoms. The summed E-state index contributed by atoms with van der Waals surface area (Å²) >= 11 is 1.55. The van der Waals surface area contributed by atoms with Gasteiger partial charge in [0.05, 0.1) is 55.2 Å². The molecule has 3 aliphatic rings. The number of alkyl halides is 3. The number of fused-ring (bicyclic) bond motifs is 2. The largest absolute Gasteiger partial charge is 0.433 e. The summed E-state index contributed by atoms with van der Waals surface area (Å²) in [5, 5.41) is 33.0. The zero-order valence-corrected chi connectivity index (χ0v) is 47.5. The molecule has 6 atom stereocenters. The Morgan fingerprint density at radius 1 is 0.880 bits per heavy atom. The van der Waals surface area contributed by atoms with Crippen LogP contribution in [-0.2, 0) is 72.8 Å². The average molecular weight is 1180 g/mol. The summed E-state index contributed by atoms with van der Waals surface area (Å²) in [7, 11) is 0. The first-order chi connectivity index (χ1) is 39.3. The Balaban J connectivity index is 0.744. The van der Waals surface area contributed by atoms with Crippen LogP contribution < -0.4 is 21.3 Å². The Morgan fingerprint density at radius 3 is 2.20 bits per heavy atom. The van der Waals surface area contributed by atoms with Gasteiger partial charge >= 0.3 is 12.3 Å². The maximum atomic E-state index is 13.9. The first-order valence-corrected chi connectivity index (χ1v) is 28.0. The first kappa shape index (κ1) is 63.5. The van der Waals surface area contributed by atoms with E-state index < -0.39 is 108 Å². The van der Waals surface area contributed by atoms with Gasteiger partial charge in [0.15, 0.2) is 11.8 Å². The van der Waals surface area contributed by atoms with Crippen LogP contribution in [0.1, 0.15) is 81.3 Å². The fourth-order valence-electron chi connectivity index (χ4n) is 9.92. The number of hydrogen-bond acceptors (Lipinski definition) is 15. The highest BCUT2D eigenvalue weighted by atomic mass is 32.1. The number of nitrogens with one attached hydrogen (secondary N) is 4. The highest BCUT2D eigenvalue weighted by molar-refractivity contribution is 7.13. The van der Waals surface area contributed by atoms with E-state index in [-0.39, 0.29) is 96.9 Å². The van der Waals surface area contributed by atoms with E-state index in [1.807, 2.05) is 31.2 Å². The number of ether oxygens (including phenoxy) is 4. The van der Waals surface area contributed by atoms with E-state index in [2.05, 4.69) is 26.3 Å². The van der Waals surface area contributed by atoms with Gasteiger partial charge in [0.2, 0.25) is 35.4 Å². The summed E-state index contributed by atoms with van der Waals surface area (Å²) in [5.74, 6) is -4.09. The predicted molar refractivity (Wildman–Crippen MR) is 293 cm³/mol. The second kappa shape index (κ2) is 28.0. The number of nitrogens with zero attached hydrogens (tertiary/aromatic N) is 4. The number of hydrogen-bond donors (Lipinski definition) is 6. The van der Waals surface area contributed by atoms with E-state index in [0.717, 1.165) is 40.8 Å². The molecule has 0 bridgehead atoms. The van der Waals surface area contributed by atoms with Crippen molar-refractivity contribution in [2.24, 2.45) is 5.41 Å². The first-order valence-electron chi connectivity index (χ1n) is 27.1. The summed E-state index contributed by atoms with van der Waals surface area (Å²) in [5.41, 5.74) is 3.76. The highest BCUT2D eigenvalue weighted by Gasteiger charge is 2.58. The van der Waals surface area contributed by atoms with Crippen molar-refractivity contribution in [2.75, 3.05) is 64.6 Å². The third-order valence-electron chi connectivity index (χ3n) is 14.5. The van der Waals surface area contributed by atoms with Crippen molar-refractivity contribution < 1.29 is 80.3 Å². The molecule has 0 radical (unpaired) electrons. The SMILES string of the molecule is Cc1ncsc1-c1ccc(CNC(=O)[C@@H]2C[C@@H](O)CN2C(=O)[C@@H](NC(=O)COCCOCCOCCNC(=O)CCC(=O)Nc2ccc3c(c2)CC[C@]32OC(=O)N(CC(=O)N(Cc3ccc(F)cc3)[C@H](C)C(F)(F)F)C2O)C(C)(C)C)cc1. The van der Waals surface area contributed by atoms with Gasteiger partial charge in [0.25, 0.3) is 0 Å². The van der Waals surface area contributed by atoms with Gasteiger partial charge < -0.3 is 60.2 Å². The second-order valence-corrected chi connectivity index (χ2v) is 22.5. The number of carbonyl (C=O) groups is 7. The zero-order chi connectivity index (χ0) is 60.2. The van der Waals surface area contributed by atoms with Crippen molar-refractivity contribution in [1.82, 2.24) is 35.6 Å². The van der Waals surface area contributed by atoms with E-state index in [0.29, 0.717) is 26.6 Å². The maximum absolute atomic E-state index is 13.9. The number of thiazole rings is 1. The summed E-state index contributed by atoms with van der Waals surface area (Å²) in [4.78, 5) is 100. The summed E-state index contributed by atoms with van der Waals surface area (Å²) in [6.07, 6.45) is -8.52. The van der Waals surface area contributed by atoms with Crippen LogP contribution in [0.25, 0.3) is 10.4 Å². The fraction of sp³-hybridized carbons (Fsp3) is 0.509. The van der Waals surface area contributed by atoms with Crippen molar-refractivity contribution in [3.63, 3.8) is 0 Å². The van der Waals surface area contributed by atoms with E-state index in [4.69, 9.17) is 18.9 Å². The van der Waals surface area contributed by atoms with Crippen LogP contribution >= 0.6 is 11.3 Å². The lowest BCUT2D eigenvalue weighted by Crippen LogP contribution is -2.58. The van der Waals surface area contributed by atoms with Crippen molar-refractivity contribution in [3.05, 3.63) is 106 Å². The average Bonchev–Trinajstić information content (AvgIpc) is 3.30. The highest BCUT2D eigenvalue weighted by Crippen LogP contribution is 2.48. The molecule has 26 heteroatoms. The fourth-order valence-corrected chi connectivity index (χ4v) is 10.7. The van der Waals surface area contributed by atoms with Gasteiger partial charge in [0, 0.05) is 63.1 Å². The molecular formula is C57H70F4N8O13S. The van der Waals surface area contributed by atoms with E-state index in [9.17, 15) is 61.3 Å². The lowest BCUT2D eigenvalue weighted by Gasteiger charge is -2.35. The monoisotopic (exact) mass is 1180 g/mol. The van der Waals surface area contributed by atoms with Gasteiger partial charge in [-0.25, -0.2) is 14.2 Å². The number of anilines is 1. The van der Waals surface area contributed by atoms with Crippen LogP contribution in [0.2, 0.25) is 0 Å². The molecule has 7 amide bonds. The van der Waals surface area contributed by atoms with Crippen LogP contribution in [0, 0.1) is 18.2 Å². The molecule has 2 fully saturated rings. The number of likely N-dealkylation sites (tertiary alicyclic amines) is 1. The molecule has 1 aliphatic carbocycles.